The first kappa shape index (κ1) is 20.0. The highest BCUT2D eigenvalue weighted by molar-refractivity contribution is 7.89. The zero-order chi connectivity index (χ0) is 18.2. The maximum absolute atomic E-state index is 11.9. The van der Waals surface area contributed by atoms with Gasteiger partial charge in [0.25, 0.3) is 0 Å². The summed E-state index contributed by atoms with van der Waals surface area (Å²) in [5, 5.41) is 2.64. The highest BCUT2D eigenvalue weighted by atomic mass is 32.2. The Hall–Kier alpha value is -2.09. The molecular weight excluding hydrogens is 332 g/mol. The van der Waals surface area contributed by atoms with E-state index < -0.39 is 28.1 Å². The molecule has 0 radical (unpaired) electrons. The molecule has 1 aromatic rings. The maximum Gasteiger partial charge on any atom is 0.407 e. The van der Waals surface area contributed by atoms with Gasteiger partial charge in [0.15, 0.2) is 0 Å². The van der Waals surface area contributed by atoms with Crippen LogP contribution in [0.3, 0.4) is 0 Å². The Morgan fingerprint density at radius 1 is 1.21 bits per heavy atom. The van der Waals surface area contributed by atoms with Gasteiger partial charge >= 0.3 is 6.09 Å². The van der Waals surface area contributed by atoms with Crippen LogP contribution in [-0.2, 0) is 26.2 Å². The van der Waals surface area contributed by atoms with Crippen molar-refractivity contribution in [3.05, 3.63) is 35.9 Å². The van der Waals surface area contributed by atoms with Gasteiger partial charge in [0.05, 0.1) is 6.26 Å². The molecule has 0 saturated carbocycles. The van der Waals surface area contributed by atoms with Crippen molar-refractivity contribution in [2.75, 3.05) is 6.26 Å². The average molecular weight is 356 g/mol. The third-order valence-corrected chi connectivity index (χ3v) is 4.15. The van der Waals surface area contributed by atoms with E-state index in [2.05, 4.69) is 5.32 Å². The maximum atomic E-state index is 11.9. The number of ether oxygens (including phenoxy) is 1. The van der Waals surface area contributed by atoms with E-state index >= 15 is 0 Å². The Morgan fingerprint density at radius 2 is 1.83 bits per heavy atom. The van der Waals surface area contributed by atoms with E-state index in [1.165, 1.54) is 0 Å². The smallest absolute Gasteiger partial charge is 0.407 e. The van der Waals surface area contributed by atoms with E-state index in [0.717, 1.165) is 18.2 Å². The minimum atomic E-state index is -3.62. The van der Waals surface area contributed by atoms with Crippen molar-refractivity contribution in [1.29, 1.82) is 0 Å². The molecule has 0 fully saturated rings. The summed E-state index contributed by atoms with van der Waals surface area (Å²) in [4.78, 5) is 23.7. The second-order valence-electron chi connectivity index (χ2n) is 5.70. The molecule has 2 amide bonds. The molecule has 2 N–H and O–H groups in total. The quantitative estimate of drug-likeness (QED) is 0.739. The average Bonchev–Trinajstić information content (AvgIpc) is 2.50. The van der Waals surface area contributed by atoms with E-state index in [1.807, 2.05) is 48.9 Å². The molecule has 0 aliphatic heterocycles. The summed E-state index contributed by atoms with van der Waals surface area (Å²) in [6, 6.07) is 8.70. The van der Waals surface area contributed by atoms with E-state index in [4.69, 9.17) is 4.74 Å². The first-order chi connectivity index (χ1) is 11.2. The zero-order valence-corrected chi connectivity index (χ0v) is 14.9. The molecule has 0 heterocycles. The van der Waals surface area contributed by atoms with Crippen LogP contribution in [0.1, 0.15) is 32.3 Å². The van der Waals surface area contributed by atoms with Crippen LogP contribution in [0.5, 0.6) is 0 Å². The van der Waals surface area contributed by atoms with E-state index in [-0.39, 0.29) is 18.9 Å². The lowest BCUT2D eigenvalue weighted by molar-refractivity contribution is -0.120. The van der Waals surface area contributed by atoms with Crippen molar-refractivity contribution >= 4 is 22.0 Å². The third kappa shape index (κ3) is 7.96. The Morgan fingerprint density at radius 3 is 2.38 bits per heavy atom. The van der Waals surface area contributed by atoms with Crippen LogP contribution in [0.4, 0.5) is 4.79 Å². The van der Waals surface area contributed by atoms with E-state index in [0.29, 0.717) is 0 Å². The van der Waals surface area contributed by atoms with Crippen molar-refractivity contribution in [2.45, 2.75) is 39.3 Å². The molecule has 2 atom stereocenters. The molecule has 1 aromatic carbocycles. The number of carbonyl (C=O) groups is 2. The Labute approximate surface area is 142 Å². The molecule has 24 heavy (non-hydrogen) atoms. The first-order valence-corrected chi connectivity index (χ1v) is 9.58. The number of hydrogen-bond donors (Lipinski definition) is 2. The summed E-state index contributed by atoms with van der Waals surface area (Å²) in [6.07, 6.45) is 0.847. The third-order valence-electron chi connectivity index (χ3n) is 3.55. The number of benzene rings is 1. The van der Waals surface area contributed by atoms with Crippen molar-refractivity contribution < 1.29 is 22.7 Å². The van der Waals surface area contributed by atoms with Crippen molar-refractivity contribution in [2.24, 2.45) is 5.92 Å². The van der Waals surface area contributed by atoms with Gasteiger partial charge in [-0.15, -0.1) is 0 Å². The molecule has 1 rings (SSSR count). The fraction of sp³-hybridized carbons (Fsp3) is 0.500. The van der Waals surface area contributed by atoms with Gasteiger partial charge in [-0.05, 0) is 11.5 Å². The van der Waals surface area contributed by atoms with Crippen molar-refractivity contribution in [3.8, 4) is 0 Å². The Balaban J connectivity index is 2.58. The monoisotopic (exact) mass is 356 g/mol. The SMILES string of the molecule is CCC(C)[C@H](CC(=O)NS(C)(=O)=O)NC(=O)OCc1ccccc1. The van der Waals surface area contributed by atoms with Crippen LogP contribution >= 0.6 is 0 Å². The summed E-state index contributed by atoms with van der Waals surface area (Å²) in [7, 11) is -3.62. The Kier molecular flexibility index (Phi) is 7.70. The predicted octanol–water partition coefficient (Wildman–Crippen LogP) is 1.79. The number of nitrogens with one attached hydrogen (secondary N) is 2. The number of hydrogen-bond acceptors (Lipinski definition) is 5. The van der Waals surface area contributed by atoms with Crippen molar-refractivity contribution in [3.63, 3.8) is 0 Å². The largest absolute Gasteiger partial charge is 0.445 e. The summed E-state index contributed by atoms with van der Waals surface area (Å²) in [5.74, 6) is -0.675. The fourth-order valence-corrected chi connectivity index (χ4v) is 2.54. The van der Waals surface area contributed by atoms with Crippen LogP contribution in [0.2, 0.25) is 0 Å². The first-order valence-electron chi connectivity index (χ1n) is 7.69. The number of sulfonamides is 1. The van der Waals surface area contributed by atoms with Gasteiger partial charge < -0.3 is 10.1 Å². The molecule has 8 heteroatoms. The van der Waals surface area contributed by atoms with Crippen LogP contribution in [0.25, 0.3) is 0 Å². The lowest BCUT2D eigenvalue weighted by Crippen LogP contribution is -2.43. The number of alkyl carbamates (subject to hydrolysis) is 1. The molecule has 1 unspecified atom stereocenters. The van der Waals surface area contributed by atoms with Crippen LogP contribution in [0.15, 0.2) is 30.3 Å². The zero-order valence-electron chi connectivity index (χ0n) is 14.1. The van der Waals surface area contributed by atoms with E-state index in [1.54, 1.807) is 0 Å². The molecule has 0 aliphatic rings. The lowest BCUT2D eigenvalue weighted by atomic mass is 9.96. The molecule has 7 nitrogen and oxygen atoms in total. The molecule has 0 saturated heterocycles. The van der Waals surface area contributed by atoms with Gasteiger partial charge in [-0.25, -0.2) is 13.2 Å². The second-order valence-corrected chi connectivity index (χ2v) is 7.45. The highest BCUT2D eigenvalue weighted by Crippen LogP contribution is 2.12. The minimum Gasteiger partial charge on any atom is -0.445 e. The highest BCUT2D eigenvalue weighted by Gasteiger charge is 2.23. The number of carbonyl (C=O) groups excluding carboxylic acids is 2. The van der Waals surface area contributed by atoms with E-state index in [9.17, 15) is 18.0 Å². The molecular formula is C16H24N2O5S. The number of rotatable bonds is 8. The van der Waals surface area contributed by atoms with Gasteiger partial charge in [-0.1, -0.05) is 50.6 Å². The standard InChI is InChI=1S/C16H24N2O5S/c1-4-12(2)14(10-15(19)18-24(3,21)22)17-16(20)23-11-13-8-6-5-7-9-13/h5-9,12,14H,4,10-11H2,1-3H3,(H,17,20)(H,18,19)/t12?,14-/m0/s1. The predicted molar refractivity (Wildman–Crippen MR) is 90.6 cm³/mol. The van der Waals surface area contributed by atoms with Gasteiger partial charge in [0, 0.05) is 12.5 Å². The molecule has 0 aliphatic carbocycles. The van der Waals surface area contributed by atoms with Crippen LogP contribution < -0.4 is 10.0 Å². The summed E-state index contributed by atoms with van der Waals surface area (Å²) in [5.41, 5.74) is 0.850. The number of amides is 2. The molecule has 0 bridgehead atoms. The van der Waals surface area contributed by atoms with Crippen LogP contribution in [0, 0.1) is 5.92 Å². The molecule has 0 aromatic heterocycles. The fourth-order valence-electron chi connectivity index (χ4n) is 2.04. The van der Waals surface area contributed by atoms with Crippen LogP contribution in [-0.4, -0.2) is 32.7 Å². The minimum absolute atomic E-state index is 0.0143. The molecule has 134 valence electrons. The van der Waals surface area contributed by atoms with Gasteiger partial charge in [-0.3, -0.25) is 9.52 Å². The topological polar surface area (TPSA) is 102 Å². The summed E-state index contributed by atoms with van der Waals surface area (Å²) in [6.45, 7) is 3.91. The van der Waals surface area contributed by atoms with Gasteiger partial charge in [-0.2, -0.15) is 0 Å². The second kappa shape index (κ2) is 9.27. The lowest BCUT2D eigenvalue weighted by Gasteiger charge is -2.23. The molecule has 0 spiro atoms. The van der Waals surface area contributed by atoms with Gasteiger partial charge in [0.1, 0.15) is 6.61 Å². The van der Waals surface area contributed by atoms with Crippen molar-refractivity contribution in [1.82, 2.24) is 10.0 Å². The summed E-state index contributed by atoms with van der Waals surface area (Å²) < 4.78 is 29.2. The van der Waals surface area contributed by atoms with Gasteiger partial charge in [0.2, 0.25) is 15.9 Å². The normalized spacial score (nSPS) is 13.6. The summed E-state index contributed by atoms with van der Waals surface area (Å²) >= 11 is 0. The Bertz CT molecular complexity index is 646.